The fraction of sp³-hybridized carbons (Fsp3) is 0.500. The number of aromatic hydroxyl groups is 1. The lowest BCUT2D eigenvalue weighted by atomic mass is 9.81. The molecule has 25 heavy (non-hydrogen) atoms. The van der Waals surface area contributed by atoms with Crippen molar-refractivity contribution in [1.82, 2.24) is 0 Å². The molecule has 0 spiro atoms. The van der Waals surface area contributed by atoms with Gasteiger partial charge in [0, 0.05) is 12.3 Å². The first-order chi connectivity index (χ1) is 11.9. The van der Waals surface area contributed by atoms with Crippen LogP contribution in [0, 0.1) is 17.8 Å². The zero-order valence-corrected chi connectivity index (χ0v) is 15.6. The first kappa shape index (κ1) is 17.8. The third-order valence-corrected chi connectivity index (χ3v) is 5.87. The Morgan fingerprint density at radius 2 is 1.88 bits per heavy atom. The van der Waals surface area contributed by atoms with Crippen molar-refractivity contribution >= 4 is 5.97 Å². The van der Waals surface area contributed by atoms with Crippen molar-refractivity contribution in [3.05, 3.63) is 52.6 Å². The average molecular weight is 340 g/mol. The molecule has 0 saturated heterocycles. The van der Waals surface area contributed by atoms with Gasteiger partial charge in [0.2, 0.25) is 0 Å². The summed E-state index contributed by atoms with van der Waals surface area (Å²) in [4.78, 5) is 12.6. The van der Waals surface area contributed by atoms with E-state index in [0.29, 0.717) is 23.3 Å². The van der Waals surface area contributed by atoms with Gasteiger partial charge in [-0.05, 0) is 62.8 Å². The number of rotatable bonds is 3. The molecule has 134 valence electrons. The van der Waals surface area contributed by atoms with Crippen LogP contribution in [0.4, 0.5) is 0 Å². The summed E-state index contributed by atoms with van der Waals surface area (Å²) in [6.07, 6.45) is 5.18. The van der Waals surface area contributed by atoms with Gasteiger partial charge in [0.05, 0.1) is 5.56 Å². The second-order valence-electron chi connectivity index (χ2n) is 7.85. The predicted molar refractivity (Wildman–Crippen MR) is 99.4 cm³/mol. The highest BCUT2D eigenvalue weighted by molar-refractivity contribution is 5.89. The highest BCUT2D eigenvalue weighted by Crippen LogP contribution is 2.45. The highest BCUT2D eigenvalue weighted by Gasteiger charge is 2.37. The molecule has 0 radical (unpaired) electrons. The van der Waals surface area contributed by atoms with Gasteiger partial charge >= 0.3 is 5.97 Å². The molecule has 1 aromatic carbocycles. The molecule has 0 amide bonds. The molecule has 0 aromatic heterocycles. The minimum atomic E-state index is -0.298. The smallest absolute Gasteiger partial charge is 0.338 e. The van der Waals surface area contributed by atoms with E-state index in [0.717, 1.165) is 19.3 Å². The Morgan fingerprint density at radius 3 is 2.52 bits per heavy atom. The minimum absolute atomic E-state index is 0.0906. The van der Waals surface area contributed by atoms with Crippen molar-refractivity contribution in [2.75, 3.05) is 0 Å². The maximum absolute atomic E-state index is 12.6. The van der Waals surface area contributed by atoms with Crippen LogP contribution < -0.4 is 0 Å². The molecule has 0 fully saturated rings. The van der Waals surface area contributed by atoms with Gasteiger partial charge in [-0.1, -0.05) is 36.6 Å². The number of hydrogen-bond donors (Lipinski definition) is 1. The third kappa shape index (κ3) is 3.65. The summed E-state index contributed by atoms with van der Waals surface area (Å²) in [5.74, 6) is 1.18. The number of ether oxygens (including phenoxy) is 1. The largest absolute Gasteiger partial charge is 0.508 e. The number of phenolic OH excluding ortho intramolecular Hbond substituents is 1. The van der Waals surface area contributed by atoms with Crippen molar-refractivity contribution in [3.63, 3.8) is 0 Å². The predicted octanol–water partition coefficient (Wildman–Crippen LogP) is 5.27. The first-order valence-corrected chi connectivity index (χ1v) is 9.22. The van der Waals surface area contributed by atoms with E-state index in [1.807, 2.05) is 0 Å². The number of allylic oxidation sites excluding steroid dienone is 3. The Morgan fingerprint density at radius 1 is 1.20 bits per heavy atom. The van der Waals surface area contributed by atoms with Crippen molar-refractivity contribution in [1.29, 1.82) is 0 Å². The van der Waals surface area contributed by atoms with E-state index in [4.69, 9.17) is 4.74 Å². The van der Waals surface area contributed by atoms with Gasteiger partial charge in [-0.2, -0.15) is 0 Å². The van der Waals surface area contributed by atoms with Gasteiger partial charge < -0.3 is 9.84 Å². The van der Waals surface area contributed by atoms with Gasteiger partial charge in [0.15, 0.2) is 0 Å². The number of carbonyl (C=O) groups is 1. The summed E-state index contributed by atoms with van der Waals surface area (Å²) >= 11 is 0. The molecule has 3 nitrogen and oxygen atoms in total. The van der Waals surface area contributed by atoms with Gasteiger partial charge in [0.1, 0.15) is 11.9 Å². The second kappa shape index (κ2) is 7.07. The maximum atomic E-state index is 12.6. The summed E-state index contributed by atoms with van der Waals surface area (Å²) in [6.45, 7) is 8.87. The van der Waals surface area contributed by atoms with Crippen LogP contribution in [-0.4, -0.2) is 17.2 Å². The quantitative estimate of drug-likeness (QED) is 0.602. The lowest BCUT2D eigenvalue weighted by Crippen LogP contribution is -2.31. The van der Waals surface area contributed by atoms with E-state index < -0.39 is 0 Å². The molecule has 0 saturated carbocycles. The summed E-state index contributed by atoms with van der Waals surface area (Å²) in [6, 6.07) is 6.28. The molecule has 1 aromatic rings. The fourth-order valence-electron chi connectivity index (χ4n) is 4.27. The van der Waals surface area contributed by atoms with Gasteiger partial charge in [-0.3, -0.25) is 0 Å². The van der Waals surface area contributed by atoms with Gasteiger partial charge in [-0.15, -0.1) is 0 Å². The van der Waals surface area contributed by atoms with Gasteiger partial charge in [0.25, 0.3) is 0 Å². The molecule has 3 atom stereocenters. The monoisotopic (exact) mass is 340 g/mol. The normalized spacial score (nSPS) is 26.3. The topological polar surface area (TPSA) is 46.5 Å². The molecular weight excluding hydrogens is 312 g/mol. The summed E-state index contributed by atoms with van der Waals surface area (Å²) < 4.78 is 5.97. The van der Waals surface area contributed by atoms with Crippen molar-refractivity contribution in [3.8, 4) is 5.75 Å². The van der Waals surface area contributed by atoms with Crippen molar-refractivity contribution in [2.45, 2.75) is 53.1 Å². The minimum Gasteiger partial charge on any atom is -0.508 e. The van der Waals surface area contributed by atoms with Crippen LogP contribution in [0.3, 0.4) is 0 Å². The molecule has 3 rings (SSSR count). The Kier molecular flexibility index (Phi) is 5.03. The zero-order valence-electron chi connectivity index (χ0n) is 15.6. The summed E-state index contributed by atoms with van der Waals surface area (Å²) in [5, 5.41) is 9.40. The average Bonchev–Trinajstić information content (AvgIpc) is 2.85. The molecule has 0 bridgehead atoms. The second-order valence-corrected chi connectivity index (χ2v) is 7.85. The zero-order chi connectivity index (χ0) is 18.1. The highest BCUT2D eigenvalue weighted by atomic mass is 16.5. The van der Waals surface area contributed by atoms with E-state index in [1.54, 1.807) is 12.1 Å². The summed E-state index contributed by atoms with van der Waals surface area (Å²) in [7, 11) is 0. The van der Waals surface area contributed by atoms with Crippen LogP contribution >= 0.6 is 0 Å². The Hall–Kier alpha value is -2.03. The van der Waals surface area contributed by atoms with Crippen LogP contribution in [0.2, 0.25) is 0 Å². The van der Waals surface area contributed by atoms with E-state index in [1.165, 1.54) is 28.9 Å². The molecular formula is C22H28O3. The van der Waals surface area contributed by atoms with Gasteiger partial charge in [-0.25, -0.2) is 4.79 Å². The van der Waals surface area contributed by atoms with Crippen molar-refractivity contribution < 1.29 is 14.6 Å². The lowest BCUT2D eigenvalue weighted by molar-refractivity contribution is 0.00461. The van der Waals surface area contributed by atoms with E-state index in [2.05, 4.69) is 33.8 Å². The molecule has 0 aliphatic heterocycles. The number of carbonyl (C=O) groups excluding carboxylic acids is 1. The summed E-state index contributed by atoms with van der Waals surface area (Å²) in [5.41, 5.74) is 4.87. The Balaban J connectivity index is 1.82. The molecule has 3 heteroatoms. The Bertz CT molecular complexity index is 709. The van der Waals surface area contributed by atoms with Crippen LogP contribution in [0.15, 0.2) is 47.1 Å². The van der Waals surface area contributed by atoms with Crippen LogP contribution in [-0.2, 0) is 4.74 Å². The SMILES string of the molecule is CC1=CCC2=C(C)C[C@@H](OC(=O)c3ccc(O)cc3)[C@@H](C(C)C)C[C@H]12. The van der Waals surface area contributed by atoms with E-state index >= 15 is 0 Å². The lowest BCUT2D eigenvalue weighted by Gasteiger charge is -2.30. The number of benzene rings is 1. The third-order valence-electron chi connectivity index (χ3n) is 5.87. The van der Waals surface area contributed by atoms with Crippen LogP contribution in [0.5, 0.6) is 5.75 Å². The number of phenols is 1. The molecule has 0 heterocycles. The maximum Gasteiger partial charge on any atom is 0.338 e. The fourth-order valence-corrected chi connectivity index (χ4v) is 4.27. The van der Waals surface area contributed by atoms with Crippen LogP contribution in [0.1, 0.15) is 57.3 Å². The standard InChI is InChI=1S/C22H28O3/c1-13(2)19-12-20-14(3)5-10-18(20)15(4)11-21(19)25-22(24)16-6-8-17(23)9-7-16/h5-9,13,19-21,23H,10-12H2,1-4H3/t19-,20-,21-/m1/s1. The Labute approximate surface area is 150 Å². The molecule has 2 aliphatic rings. The van der Waals surface area contributed by atoms with Crippen LogP contribution in [0.25, 0.3) is 0 Å². The molecule has 0 unspecified atom stereocenters. The molecule has 1 N–H and O–H groups in total. The first-order valence-electron chi connectivity index (χ1n) is 9.22. The number of hydrogen-bond acceptors (Lipinski definition) is 3. The van der Waals surface area contributed by atoms with E-state index in [9.17, 15) is 9.90 Å². The van der Waals surface area contributed by atoms with Crippen molar-refractivity contribution in [2.24, 2.45) is 17.8 Å². The number of fused-ring (bicyclic) bond motifs is 1. The molecule has 2 aliphatic carbocycles. The van der Waals surface area contributed by atoms with E-state index in [-0.39, 0.29) is 17.8 Å². The number of esters is 1.